The number of aromatic hydroxyl groups is 1. The molecule has 0 radical (unpaired) electrons. The van der Waals surface area contributed by atoms with Gasteiger partial charge >= 0.3 is 0 Å². The summed E-state index contributed by atoms with van der Waals surface area (Å²) in [5.74, 6) is -0.312. The van der Waals surface area contributed by atoms with Gasteiger partial charge in [-0.1, -0.05) is 54.1 Å². The third kappa shape index (κ3) is 3.45. The highest BCUT2D eigenvalue weighted by Gasteiger charge is 2.21. The Morgan fingerprint density at radius 3 is 2.12 bits per heavy atom. The summed E-state index contributed by atoms with van der Waals surface area (Å²) in [6.07, 6.45) is 0.726. The molecule has 3 aromatic carbocycles. The van der Waals surface area contributed by atoms with Crippen LogP contribution in [0.5, 0.6) is 5.75 Å². The molecule has 0 aromatic heterocycles. The van der Waals surface area contributed by atoms with Crippen molar-refractivity contribution in [1.82, 2.24) is 0 Å². The molecule has 0 saturated carbocycles. The molecule has 0 saturated heterocycles. The van der Waals surface area contributed by atoms with Gasteiger partial charge in [0, 0.05) is 5.02 Å². The zero-order valence-corrected chi connectivity index (χ0v) is 14.3. The number of phenols is 1. The van der Waals surface area contributed by atoms with Crippen LogP contribution in [0.4, 0.5) is 0 Å². The maximum Gasteiger partial charge on any atom is 0.210 e. The first-order valence-electron chi connectivity index (χ1n) is 7.33. The van der Waals surface area contributed by atoms with Crippen molar-refractivity contribution in [1.29, 1.82) is 0 Å². The van der Waals surface area contributed by atoms with Crippen molar-refractivity contribution in [3.05, 3.63) is 88.9 Å². The third-order valence-corrected chi connectivity index (χ3v) is 5.73. The highest BCUT2D eigenvalue weighted by atomic mass is 35.5. The second-order valence-corrected chi connectivity index (χ2v) is 7.78. The van der Waals surface area contributed by atoms with Crippen molar-refractivity contribution < 1.29 is 13.5 Å². The van der Waals surface area contributed by atoms with Gasteiger partial charge in [0.2, 0.25) is 9.84 Å². The van der Waals surface area contributed by atoms with Gasteiger partial charge in [0.1, 0.15) is 10.6 Å². The summed E-state index contributed by atoms with van der Waals surface area (Å²) in [5.41, 5.74) is 2.16. The van der Waals surface area contributed by atoms with Gasteiger partial charge in [0.25, 0.3) is 0 Å². The molecule has 1 N–H and O–H groups in total. The van der Waals surface area contributed by atoms with Crippen LogP contribution in [0.25, 0.3) is 0 Å². The molecule has 3 rings (SSSR count). The molecule has 122 valence electrons. The van der Waals surface area contributed by atoms with Gasteiger partial charge in [-0.3, -0.25) is 0 Å². The van der Waals surface area contributed by atoms with Gasteiger partial charge in [0.05, 0.1) is 4.90 Å². The van der Waals surface area contributed by atoms with Crippen LogP contribution in [0.3, 0.4) is 0 Å². The summed E-state index contributed by atoms with van der Waals surface area (Å²) in [6, 6.07) is 20.6. The molecule has 0 atom stereocenters. The van der Waals surface area contributed by atoms with Crippen LogP contribution in [-0.2, 0) is 16.3 Å². The second kappa shape index (κ2) is 6.67. The molecule has 0 aliphatic rings. The van der Waals surface area contributed by atoms with Gasteiger partial charge in [-0.25, -0.2) is 8.42 Å². The van der Waals surface area contributed by atoms with Gasteiger partial charge in [-0.2, -0.15) is 0 Å². The number of sulfone groups is 1. The summed E-state index contributed by atoms with van der Waals surface area (Å²) in [7, 11) is -3.82. The molecule has 0 bridgehead atoms. The number of hydrogen-bond donors (Lipinski definition) is 1. The number of hydrogen-bond acceptors (Lipinski definition) is 3. The first-order chi connectivity index (χ1) is 11.5. The lowest BCUT2D eigenvalue weighted by molar-refractivity contribution is 0.459. The van der Waals surface area contributed by atoms with E-state index in [1.54, 1.807) is 24.3 Å². The molecule has 0 aliphatic heterocycles. The van der Waals surface area contributed by atoms with Crippen LogP contribution in [0.15, 0.2) is 82.6 Å². The SMILES string of the molecule is O=S(=O)(c1ccc(Cc2ccccc2)cc1)c1cc(Cl)ccc1O. The van der Waals surface area contributed by atoms with Gasteiger partial charge in [-0.05, 0) is 47.9 Å². The van der Waals surface area contributed by atoms with Crippen molar-refractivity contribution in [2.45, 2.75) is 16.2 Å². The molecule has 0 heterocycles. The predicted molar refractivity (Wildman–Crippen MR) is 94.3 cm³/mol. The fraction of sp³-hybridized carbons (Fsp3) is 0.0526. The van der Waals surface area contributed by atoms with Gasteiger partial charge in [-0.15, -0.1) is 0 Å². The minimum absolute atomic E-state index is 0.122. The Balaban J connectivity index is 1.91. The lowest BCUT2D eigenvalue weighted by atomic mass is 10.1. The van der Waals surface area contributed by atoms with E-state index in [0.29, 0.717) is 0 Å². The number of benzene rings is 3. The standard InChI is InChI=1S/C19H15ClO3S/c20-16-8-11-18(21)19(13-16)24(22,23)17-9-6-15(7-10-17)12-14-4-2-1-3-5-14/h1-11,13,21H,12H2. The number of halogens is 1. The van der Waals surface area contributed by atoms with E-state index in [1.165, 1.54) is 18.2 Å². The van der Waals surface area contributed by atoms with E-state index in [4.69, 9.17) is 11.6 Å². The maximum absolute atomic E-state index is 12.7. The summed E-state index contributed by atoms with van der Waals surface area (Å²) >= 11 is 5.85. The predicted octanol–water partition coefficient (Wildman–Crippen LogP) is 4.47. The van der Waals surface area contributed by atoms with E-state index in [2.05, 4.69) is 0 Å². The average molecular weight is 359 g/mol. The van der Waals surface area contributed by atoms with Crippen molar-refractivity contribution in [3.63, 3.8) is 0 Å². The smallest absolute Gasteiger partial charge is 0.210 e. The summed E-state index contributed by atoms with van der Waals surface area (Å²) in [4.78, 5) is -0.0670. The fourth-order valence-corrected chi connectivity index (χ4v) is 4.06. The van der Waals surface area contributed by atoms with Crippen LogP contribution < -0.4 is 0 Å². The molecule has 0 aliphatic carbocycles. The minimum Gasteiger partial charge on any atom is -0.507 e. The summed E-state index contributed by atoms with van der Waals surface area (Å²) in [6.45, 7) is 0. The molecule has 3 aromatic rings. The normalized spacial score (nSPS) is 11.4. The average Bonchev–Trinajstić information content (AvgIpc) is 2.58. The van der Waals surface area contributed by atoms with Crippen LogP contribution in [0.2, 0.25) is 5.02 Å². The van der Waals surface area contributed by atoms with E-state index in [0.717, 1.165) is 17.5 Å². The fourth-order valence-electron chi connectivity index (χ4n) is 2.45. The molecule has 24 heavy (non-hydrogen) atoms. The molecule has 0 fully saturated rings. The van der Waals surface area contributed by atoms with Gasteiger partial charge in [0.15, 0.2) is 0 Å². The van der Waals surface area contributed by atoms with Crippen LogP contribution in [0.1, 0.15) is 11.1 Å². The van der Waals surface area contributed by atoms with E-state index < -0.39 is 9.84 Å². The topological polar surface area (TPSA) is 54.4 Å². The Bertz CT molecular complexity index is 950. The zero-order chi connectivity index (χ0) is 17.2. The Kier molecular flexibility index (Phi) is 4.60. The van der Waals surface area contributed by atoms with E-state index in [9.17, 15) is 13.5 Å². The highest BCUT2D eigenvalue weighted by molar-refractivity contribution is 7.91. The van der Waals surface area contributed by atoms with Crippen LogP contribution >= 0.6 is 11.6 Å². The lowest BCUT2D eigenvalue weighted by Crippen LogP contribution is -2.02. The Hall–Kier alpha value is -2.30. The Morgan fingerprint density at radius 2 is 1.46 bits per heavy atom. The molecule has 0 unspecified atom stereocenters. The van der Waals surface area contributed by atoms with E-state index in [1.807, 2.05) is 30.3 Å². The van der Waals surface area contributed by atoms with E-state index in [-0.39, 0.29) is 20.6 Å². The quantitative estimate of drug-likeness (QED) is 0.748. The van der Waals surface area contributed by atoms with Crippen LogP contribution in [-0.4, -0.2) is 13.5 Å². The largest absolute Gasteiger partial charge is 0.507 e. The minimum atomic E-state index is -3.82. The summed E-state index contributed by atoms with van der Waals surface area (Å²) in [5, 5.41) is 10.1. The second-order valence-electron chi connectivity index (χ2n) is 5.42. The molecule has 3 nitrogen and oxygen atoms in total. The molecule has 0 spiro atoms. The highest BCUT2D eigenvalue weighted by Crippen LogP contribution is 2.31. The molecular weight excluding hydrogens is 344 g/mol. The Labute approximate surface area is 146 Å². The number of phenolic OH excluding ortho intramolecular Hbond substituents is 1. The third-order valence-electron chi connectivity index (χ3n) is 3.70. The monoisotopic (exact) mass is 358 g/mol. The van der Waals surface area contributed by atoms with Crippen molar-refractivity contribution in [2.24, 2.45) is 0 Å². The first-order valence-corrected chi connectivity index (χ1v) is 9.19. The van der Waals surface area contributed by atoms with Crippen molar-refractivity contribution >= 4 is 21.4 Å². The van der Waals surface area contributed by atoms with Crippen LogP contribution in [0, 0.1) is 0 Å². The molecule has 0 amide bonds. The Morgan fingerprint density at radius 1 is 0.833 bits per heavy atom. The molecule has 5 heteroatoms. The van der Waals surface area contributed by atoms with Crippen molar-refractivity contribution in [3.8, 4) is 5.75 Å². The molecular formula is C19H15ClO3S. The summed E-state index contributed by atoms with van der Waals surface area (Å²) < 4.78 is 25.3. The lowest BCUT2D eigenvalue weighted by Gasteiger charge is -2.08. The first kappa shape index (κ1) is 16.6. The zero-order valence-electron chi connectivity index (χ0n) is 12.7. The van der Waals surface area contributed by atoms with Gasteiger partial charge < -0.3 is 5.11 Å². The van der Waals surface area contributed by atoms with E-state index >= 15 is 0 Å². The number of rotatable bonds is 4. The maximum atomic E-state index is 12.7. The van der Waals surface area contributed by atoms with Crippen molar-refractivity contribution in [2.75, 3.05) is 0 Å².